The summed E-state index contributed by atoms with van der Waals surface area (Å²) in [6, 6.07) is 9.21. The first-order valence-corrected chi connectivity index (χ1v) is 4.87. The van der Waals surface area contributed by atoms with E-state index in [0.717, 1.165) is 19.6 Å². The molecular weight excluding hydrogens is 196 g/mol. The van der Waals surface area contributed by atoms with Gasteiger partial charge in [-0.2, -0.15) is 0 Å². The largest absolute Gasteiger partial charge is 0.314 e. The van der Waals surface area contributed by atoms with Crippen molar-refractivity contribution in [2.45, 2.75) is 13.0 Å². The van der Waals surface area contributed by atoms with E-state index < -0.39 is 0 Å². The molecule has 1 fully saturated rings. The maximum atomic E-state index is 3.50. The third-order valence-electron chi connectivity index (χ3n) is 2.49. The lowest BCUT2D eigenvalue weighted by Crippen LogP contribution is -2.42. The molecule has 1 heterocycles. The normalized spacial score (nSPS) is 21.4. The van der Waals surface area contributed by atoms with Gasteiger partial charge in [-0.1, -0.05) is 29.8 Å². The Kier molecular flexibility index (Phi) is 4.39. The average molecular weight is 213 g/mol. The van der Waals surface area contributed by atoms with Crippen LogP contribution in [-0.4, -0.2) is 19.6 Å². The molecule has 1 aromatic rings. The van der Waals surface area contributed by atoms with E-state index in [1.807, 2.05) is 0 Å². The molecule has 0 amide bonds. The number of piperazine rings is 1. The van der Waals surface area contributed by atoms with Crippen LogP contribution < -0.4 is 10.6 Å². The molecule has 0 radical (unpaired) electrons. The Hall–Kier alpha value is -0.570. The van der Waals surface area contributed by atoms with Gasteiger partial charge >= 0.3 is 0 Å². The summed E-state index contributed by atoms with van der Waals surface area (Å²) in [4.78, 5) is 0. The van der Waals surface area contributed by atoms with E-state index in [4.69, 9.17) is 0 Å². The fraction of sp³-hybridized carbons (Fsp3) is 0.455. The lowest BCUT2D eigenvalue weighted by atomic mass is 10.0. The number of nitrogens with one attached hydrogen (secondary N) is 2. The fourth-order valence-electron chi connectivity index (χ4n) is 1.78. The molecule has 0 saturated carbocycles. The van der Waals surface area contributed by atoms with Gasteiger partial charge in [0.15, 0.2) is 0 Å². The monoisotopic (exact) mass is 212 g/mol. The molecule has 1 aliphatic rings. The number of hydrogen-bond donors (Lipinski definition) is 2. The Morgan fingerprint density at radius 3 is 2.79 bits per heavy atom. The maximum Gasteiger partial charge on any atom is 0.0447 e. The molecule has 2 nitrogen and oxygen atoms in total. The van der Waals surface area contributed by atoms with Crippen LogP contribution in [0, 0.1) is 6.92 Å². The van der Waals surface area contributed by atoms with Crippen molar-refractivity contribution in [2.75, 3.05) is 19.6 Å². The number of aryl methyl sites for hydroxylation is 1. The number of hydrogen-bond acceptors (Lipinski definition) is 2. The van der Waals surface area contributed by atoms with Gasteiger partial charge < -0.3 is 10.6 Å². The summed E-state index contributed by atoms with van der Waals surface area (Å²) in [7, 11) is 0. The third kappa shape index (κ3) is 2.71. The van der Waals surface area contributed by atoms with E-state index in [-0.39, 0.29) is 12.4 Å². The summed E-state index contributed by atoms with van der Waals surface area (Å²) in [5, 5.41) is 6.89. The summed E-state index contributed by atoms with van der Waals surface area (Å²) in [5.74, 6) is 0. The zero-order valence-corrected chi connectivity index (χ0v) is 9.23. The highest BCUT2D eigenvalue weighted by atomic mass is 35.5. The van der Waals surface area contributed by atoms with Crippen LogP contribution in [0.1, 0.15) is 17.2 Å². The lowest BCUT2D eigenvalue weighted by Gasteiger charge is -2.25. The van der Waals surface area contributed by atoms with Gasteiger partial charge in [-0.05, 0) is 12.5 Å². The van der Waals surface area contributed by atoms with Gasteiger partial charge in [0.1, 0.15) is 0 Å². The quantitative estimate of drug-likeness (QED) is 0.740. The predicted molar refractivity (Wildman–Crippen MR) is 62.0 cm³/mol. The molecule has 0 bridgehead atoms. The van der Waals surface area contributed by atoms with Crippen LogP contribution in [0.5, 0.6) is 0 Å². The SMILES string of the molecule is Cc1cccc([C@H]2CNCCN2)c1.Cl. The molecule has 1 aliphatic heterocycles. The van der Waals surface area contributed by atoms with Crippen molar-refractivity contribution in [1.29, 1.82) is 0 Å². The van der Waals surface area contributed by atoms with Gasteiger partial charge in [0.05, 0.1) is 0 Å². The summed E-state index contributed by atoms with van der Waals surface area (Å²) < 4.78 is 0. The second-order valence-corrected chi connectivity index (χ2v) is 3.62. The fourth-order valence-corrected chi connectivity index (χ4v) is 1.78. The smallest absolute Gasteiger partial charge is 0.0447 e. The van der Waals surface area contributed by atoms with Gasteiger partial charge in [-0.15, -0.1) is 12.4 Å². The van der Waals surface area contributed by atoms with Crippen molar-refractivity contribution in [3.63, 3.8) is 0 Å². The second-order valence-electron chi connectivity index (χ2n) is 3.62. The zero-order valence-electron chi connectivity index (χ0n) is 8.42. The minimum atomic E-state index is 0. The van der Waals surface area contributed by atoms with Crippen molar-refractivity contribution in [2.24, 2.45) is 0 Å². The minimum Gasteiger partial charge on any atom is -0.314 e. The van der Waals surface area contributed by atoms with Crippen molar-refractivity contribution in [3.05, 3.63) is 35.4 Å². The van der Waals surface area contributed by atoms with Crippen molar-refractivity contribution >= 4 is 12.4 Å². The minimum absolute atomic E-state index is 0. The summed E-state index contributed by atoms with van der Waals surface area (Å²) >= 11 is 0. The molecule has 0 aliphatic carbocycles. The van der Waals surface area contributed by atoms with E-state index in [9.17, 15) is 0 Å². The molecule has 0 spiro atoms. The molecule has 3 heteroatoms. The highest BCUT2D eigenvalue weighted by molar-refractivity contribution is 5.85. The Morgan fingerprint density at radius 2 is 2.14 bits per heavy atom. The Morgan fingerprint density at radius 1 is 1.29 bits per heavy atom. The highest BCUT2D eigenvalue weighted by Crippen LogP contribution is 2.14. The van der Waals surface area contributed by atoms with Crippen LogP contribution in [0.15, 0.2) is 24.3 Å². The van der Waals surface area contributed by atoms with Crippen LogP contribution in [0.2, 0.25) is 0 Å². The number of halogens is 1. The zero-order chi connectivity index (χ0) is 9.10. The topological polar surface area (TPSA) is 24.1 Å². The van der Waals surface area contributed by atoms with Gasteiger partial charge in [0.25, 0.3) is 0 Å². The molecule has 78 valence electrons. The molecule has 0 aromatic heterocycles. The lowest BCUT2D eigenvalue weighted by molar-refractivity contribution is 0.430. The average Bonchev–Trinajstić information content (AvgIpc) is 2.19. The standard InChI is InChI=1S/C11H16N2.ClH/c1-9-3-2-4-10(7-9)11-8-12-5-6-13-11;/h2-4,7,11-13H,5-6,8H2,1H3;1H/t11-;/m1./s1. The van der Waals surface area contributed by atoms with Gasteiger partial charge in [-0.25, -0.2) is 0 Å². The van der Waals surface area contributed by atoms with E-state index in [0.29, 0.717) is 6.04 Å². The van der Waals surface area contributed by atoms with Crippen molar-refractivity contribution in [1.82, 2.24) is 10.6 Å². The van der Waals surface area contributed by atoms with Crippen LogP contribution >= 0.6 is 12.4 Å². The Labute approximate surface area is 91.5 Å². The highest BCUT2D eigenvalue weighted by Gasteiger charge is 2.13. The Bertz CT molecular complexity index is 282. The summed E-state index contributed by atoms with van der Waals surface area (Å²) in [6.07, 6.45) is 0. The van der Waals surface area contributed by atoms with Crippen LogP contribution in [0.25, 0.3) is 0 Å². The van der Waals surface area contributed by atoms with Gasteiger partial charge in [0, 0.05) is 25.7 Å². The predicted octanol–water partition coefficient (Wildman–Crippen LogP) is 1.65. The van der Waals surface area contributed by atoms with Crippen molar-refractivity contribution in [3.8, 4) is 0 Å². The molecule has 1 atom stereocenters. The first-order chi connectivity index (χ1) is 6.36. The molecular formula is C11H17ClN2. The van der Waals surface area contributed by atoms with Crippen molar-refractivity contribution < 1.29 is 0 Å². The van der Waals surface area contributed by atoms with E-state index in [1.165, 1.54) is 11.1 Å². The van der Waals surface area contributed by atoms with Crippen LogP contribution in [-0.2, 0) is 0 Å². The van der Waals surface area contributed by atoms with E-state index >= 15 is 0 Å². The maximum absolute atomic E-state index is 3.50. The van der Waals surface area contributed by atoms with E-state index in [2.05, 4.69) is 41.8 Å². The molecule has 1 saturated heterocycles. The number of benzene rings is 1. The molecule has 0 unspecified atom stereocenters. The Balaban J connectivity index is 0.000000980. The van der Waals surface area contributed by atoms with E-state index in [1.54, 1.807) is 0 Å². The molecule has 2 N–H and O–H groups in total. The first-order valence-electron chi connectivity index (χ1n) is 4.87. The van der Waals surface area contributed by atoms with Crippen LogP contribution in [0.4, 0.5) is 0 Å². The first kappa shape index (κ1) is 11.5. The second kappa shape index (κ2) is 5.35. The molecule has 14 heavy (non-hydrogen) atoms. The van der Waals surface area contributed by atoms with Crippen LogP contribution in [0.3, 0.4) is 0 Å². The van der Waals surface area contributed by atoms with Gasteiger partial charge in [0.2, 0.25) is 0 Å². The summed E-state index contributed by atoms with van der Waals surface area (Å²) in [5.41, 5.74) is 2.73. The van der Waals surface area contributed by atoms with Gasteiger partial charge in [-0.3, -0.25) is 0 Å². The third-order valence-corrected chi connectivity index (χ3v) is 2.49. The molecule has 1 aromatic carbocycles. The summed E-state index contributed by atoms with van der Waals surface area (Å²) in [6.45, 7) is 5.34. The number of rotatable bonds is 1. The molecule has 2 rings (SSSR count).